The van der Waals surface area contributed by atoms with Crippen LogP contribution in [0.3, 0.4) is 0 Å². The minimum absolute atomic E-state index is 0.0269. The number of amides is 1. The van der Waals surface area contributed by atoms with E-state index in [1.807, 2.05) is 41.3 Å². The molecule has 1 aliphatic rings. The summed E-state index contributed by atoms with van der Waals surface area (Å²) in [5, 5.41) is 4.74. The molecule has 1 fully saturated rings. The molecule has 4 rings (SSSR count). The zero-order chi connectivity index (χ0) is 17.9. The molecule has 1 aliphatic heterocycles. The fourth-order valence-electron chi connectivity index (χ4n) is 3.37. The van der Waals surface area contributed by atoms with Crippen LogP contribution in [0.25, 0.3) is 10.9 Å². The van der Waals surface area contributed by atoms with Gasteiger partial charge in [-0.25, -0.2) is 0 Å². The van der Waals surface area contributed by atoms with E-state index in [4.69, 9.17) is 0 Å². The molecule has 1 aromatic heterocycles. The van der Waals surface area contributed by atoms with Crippen molar-refractivity contribution in [2.75, 3.05) is 31.1 Å². The van der Waals surface area contributed by atoms with Gasteiger partial charge in [-0.3, -0.25) is 14.3 Å². The first-order valence-corrected chi connectivity index (χ1v) is 8.75. The SMILES string of the molecule is O=C(Cn1ncc(=O)c2ccccc21)N1CCN(c2ccccc2)CC1. The van der Waals surface area contributed by atoms with Crippen molar-refractivity contribution in [3.8, 4) is 0 Å². The monoisotopic (exact) mass is 348 g/mol. The van der Waals surface area contributed by atoms with E-state index in [1.165, 1.54) is 11.9 Å². The lowest BCUT2D eigenvalue weighted by molar-refractivity contribution is -0.132. The van der Waals surface area contributed by atoms with Gasteiger partial charge < -0.3 is 9.80 Å². The molecular formula is C20H20N4O2. The minimum atomic E-state index is -0.124. The lowest BCUT2D eigenvalue weighted by Crippen LogP contribution is -2.49. The van der Waals surface area contributed by atoms with Crippen molar-refractivity contribution in [2.45, 2.75) is 6.54 Å². The molecule has 1 amide bonds. The third-order valence-corrected chi connectivity index (χ3v) is 4.80. The van der Waals surface area contributed by atoms with Crippen molar-refractivity contribution < 1.29 is 4.79 Å². The van der Waals surface area contributed by atoms with Gasteiger partial charge in [-0.1, -0.05) is 30.3 Å². The predicted molar refractivity (Wildman–Crippen MR) is 101 cm³/mol. The second-order valence-corrected chi connectivity index (χ2v) is 6.39. The van der Waals surface area contributed by atoms with E-state index >= 15 is 0 Å². The van der Waals surface area contributed by atoms with Crippen LogP contribution in [0.5, 0.6) is 0 Å². The summed E-state index contributed by atoms with van der Waals surface area (Å²) in [5.41, 5.74) is 1.75. The highest BCUT2D eigenvalue weighted by atomic mass is 16.2. The van der Waals surface area contributed by atoms with E-state index in [-0.39, 0.29) is 17.9 Å². The Kier molecular flexibility index (Phi) is 4.39. The average molecular weight is 348 g/mol. The van der Waals surface area contributed by atoms with Crippen molar-refractivity contribution in [1.82, 2.24) is 14.7 Å². The standard InChI is InChI=1S/C20H20N4O2/c25-19-14-21-24(18-9-5-4-8-17(18)19)15-20(26)23-12-10-22(11-13-23)16-6-2-1-3-7-16/h1-9,14H,10-13,15H2. The Bertz CT molecular complexity index is 976. The Labute approximate surface area is 151 Å². The Balaban J connectivity index is 1.45. The lowest BCUT2D eigenvalue weighted by atomic mass is 10.2. The number of piperazine rings is 1. The van der Waals surface area contributed by atoms with E-state index in [0.29, 0.717) is 24.0 Å². The molecular weight excluding hydrogens is 328 g/mol. The summed E-state index contributed by atoms with van der Waals surface area (Å²) in [4.78, 5) is 28.8. The number of hydrogen-bond acceptors (Lipinski definition) is 4. The fourth-order valence-corrected chi connectivity index (χ4v) is 3.37. The van der Waals surface area contributed by atoms with Crippen LogP contribution in [0.4, 0.5) is 5.69 Å². The molecule has 2 heterocycles. The number of anilines is 1. The molecule has 1 saturated heterocycles. The highest BCUT2D eigenvalue weighted by Crippen LogP contribution is 2.16. The Morgan fingerprint density at radius 2 is 1.62 bits per heavy atom. The number of benzene rings is 2. The third kappa shape index (κ3) is 3.18. The molecule has 0 aliphatic carbocycles. The first kappa shape index (κ1) is 16.3. The van der Waals surface area contributed by atoms with Gasteiger partial charge in [0.25, 0.3) is 0 Å². The van der Waals surface area contributed by atoms with Gasteiger partial charge in [0.05, 0.1) is 11.7 Å². The van der Waals surface area contributed by atoms with Crippen LogP contribution in [-0.4, -0.2) is 46.8 Å². The van der Waals surface area contributed by atoms with Gasteiger partial charge >= 0.3 is 0 Å². The largest absolute Gasteiger partial charge is 0.368 e. The van der Waals surface area contributed by atoms with Crippen molar-refractivity contribution in [1.29, 1.82) is 0 Å². The number of hydrogen-bond donors (Lipinski definition) is 0. The van der Waals surface area contributed by atoms with Gasteiger partial charge in [0.1, 0.15) is 6.54 Å². The zero-order valence-corrected chi connectivity index (χ0v) is 14.4. The summed E-state index contributed by atoms with van der Waals surface area (Å²) in [7, 11) is 0. The van der Waals surface area contributed by atoms with E-state index in [1.54, 1.807) is 10.7 Å². The molecule has 2 aromatic carbocycles. The first-order chi connectivity index (χ1) is 12.7. The average Bonchev–Trinajstić information content (AvgIpc) is 2.71. The van der Waals surface area contributed by atoms with Gasteiger partial charge in [0, 0.05) is 37.3 Å². The summed E-state index contributed by atoms with van der Waals surface area (Å²) in [5.74, 6) is 0.0269. The van der Waals surface area contributed by atoms with Crippen molar-refractivity contribution in [3.63, 3.8) is 0 Å². The summed E-state index contributed by atoms with van der Waals surface area (Å²) in [6, 6.07) is 17.5. The molecule has 0 unspecified atom stereocenters. The Morgan fingerprint density at radius 1 is 0.923 bits per heavy atom. The van der Waals surface area contributed by atoms with E-state index < -0.39 is 0 Å². The zero-order valence-electron chi connectivity index (χ0n) is 14.4. The van der Waals surface area contributed by atoms with Crippen molar-refractivity contribution in [2.24, 2.45) is 0 Å². The third-order valence-electron chi connectivity index (χ3n) is 4.80. The number of rotatable bonds is 3. The van der Waals surface area contributed by atoms with E-state index in [2.05, 4.69) is 22.1 Å². The summed E-state index contributed by atoms with van der Waals surface area (Å²) >= 11 is 0. The molecule has 3 aromatic rings. The van der Waals surface area contributed by atoms with Crippen LogP contribution >= 0.6 is 0 Å². The van der Waals surface area contributed by atoms with Crippen LogP contribution in [-0.2, 0) is 11.3 Å². The molecule has 6 heteroatoms. The van der Waals surface area contributed by atoms with Crippen LogP contribution in [0.1, 0.15) is 0 Å². The van der Waals surface area contributed by atoms with Gasteiger partial charge in [-0.2, -0.15) is 5.10 Å². The molecule has 0 radical (unpaired) electrons. The Morgan fingerprint density at radius 3 is 2.38 bits per heavy atom. The number of nitrogens with zero attached hydrogens (tertiary/aromatic N) is 4. The second-order valence-electron chi connectivity index (χ2n) is 6.39. The van der Waals surface area contributed by atoms with Crippen molar-refractivity contribution in [3.05, 3.63) is 71.0 Å². The molecule has 132 valence electrons. The number of carbonyl (C=O) groups is 1. The van der Waals surface area contributed by atoms with E-state index in [9.17, 15) is 9.59 Å². The lowest BCUT2D eigenvalue weighted by Gasteiger charge is -2.36. The van der Waals surface area contributed by atoms with Crippen LogP contribution in [0.15, 0.2) is 65.6 Å². The highest BCUT2D eigenvalue weighted by Gasteiger charge is 2.22. The smallest absolute Gasteiger partial charge is 0.244 e. The molecule has 0 saturated carbocycles. The normalized spacial score (nSPS) is 14.6. The van der Waals surface area contributed by atoms with Crippen molar-refractivity contribution >= 4 is 22.5 Å². The number of carbonyl (C=O) groups excluding carboxylic acids is 1. The quantitative estimate of drug-likeness (QED) is 0.724. The maximum Gasteiger partial charge on any atom is 0.244 e. The summed E-state index contributed by atoms with van der Waals surface area (Å²) < 4.78 is 1.61. The minimum Gasteiger partial charge on any atom is -0.368 e. The fraction of sp³-hybridized carbons (Fsp3) is 0.250. The highest BCUT2D eigenvalue weighted by molar-refractivity contribution is 5.81. The van der Waals surface area contributed by atoms with E-state index in [0.717, 1.165) is 13.1 Å². The number of aromatic nitrogens is 2. The predicted octanol–water partition coefficient (Wildman–Crippen LogP) is 1.75. The maximum absolute atomic E-state index is 12.7. The number of para-hydroxylation sites is 2. The molecule has 0 atom stereocenters. The molecule has 6 nitrogen and oxygen atoms in total. The van der Waals surface area contributed by atoms with Crippen LogP contribution in [0.2, 0.25) is 0 Å². The maximum atomic E-state index is 12.7. The second kappa shape index (κ2) is 7.00. The van der Waals surface area contributed by atoms with Gasteiger partial charge in [-0.15, -0.1) is 0 Å². The Hall–Kier alpha value is -3.15. The molecule has 0 spiro atoms. The topological polar surface area (TPSA) is 58.4 Å². The first-order valence-electron chi connectivity index (χ1n) is 8.75. The molecule has 26 heavy (non-hydrogen) atoms. The van der Waals surface area contributed by atoms with Crippen LogP contribution in [0, 0.1) is 0 Å². The molecule has 0 N–H and O–H groups in total. The summed E-state index contributed by atoms with van der Waals surface area (Å²) in [6.45, 7) is 3.14. The number of fused-ring (bicyclic) bond motifs is 1. The van der Waals surface area contributed by atoms with Gasteiger partial charge in [0.15, 0.2) is 0 Å². The summed E-state index contributed by atoms with van der Waals surface area (Å²) in [6.07, 6.45) is 1.28. The van der Waals surface area contributed by atoms with Gasteiger partial charge in [0.2, 0.25) is 11.3 Å². The molecule has 0 bridgehead atoms. The van der Waals surface area contributed by atoms with Crippen LogP contribution < -0.4 is 10.3 Å². The van der Waals surface area contributed by atoms with Gasteiger partial charge in [-0.05, 0) is 24.3 Å².